The zero-order chi connectivity index (χ0) is 13.8. The van der Waals surface area contributed by atoms with Gasteiger partial charge in [0.25, 0.3) is 5.56 Å². The van der Waals surface area contributed by atoms with E-state index in [1.54, 1.807) is 19.2 Å². The molecule has 0 aliphatic rings. The average Bonchev–Trinajstić information content (AvgIpc) is 2.35. The summed E-state index contributed by atoms with van der Waals surface area (Å²) < 4.78 is 1.47. The maximum atomic E-state index is 11.5. The summed E-state index contributed by atoms with van der Waals surface area (Å²) >= 11 is 5.87. The molecule has 0 radical (unpaired) electrons. The second-order valence-corrected chi connectivity index (χ2v) is 4.64. The number of H-pyrrole nitrogens is 1. The van der Waals surface area contributed by atoms with Crippen molar-refractivity contribution in [2.45, 2.75) is 13.5 Å². The number of hydrogen-bond donors (Lipinski definition) is 2. The number of halogens is 1. The van der Waals surface area contributed by atoms with Gasteiger partial charge in [-0.1, -0.05) is 17.7 Å². The number of aryl methyl sites for hydroxylation is 1. The van der Waals surface area contributed by atoms with Crippen LogP contribution < -0.4 is 16.6 Å². The molecule has 0 amide bonds. The van der Waals surface area contributed by atoms with Crippen LogP contribution in [0.5, 0.6) is 0 Å². The first-order valence-corrected chi connectivity index (χ1v) is 6.24. The Labute approximate surface area is 114 Å². The summed E-state index contributed by atoms with van der Waals surface area (Å²) in [7, 11) is 0. The first kappa shape index (κ1) is 13.4. The average molecular weight is 280 g/mol. The Morgan fingerprint density at radius 2 is 2.16 bits per heavy atom. The molecule has 6 heteroatoms. The molecular weight excluding hydrogens is 266 g/mol. The van der Waals surface area contributed by atoms with Crippen LogP contribution in [0.2, 0.25) is 5.02 Å². The van der Waals surface area contributed by atoms with Gasteiger partial charge in [-0.3, -0.25) is 14.3 Å². The van der Waals surface area contributed by atoms with Crippen LogP contribution in [0.15, 0.2) is 40.1 Å². The van der Waals surface area contributed by atoms with Gasteiger partial charge in [0.1, 0.15) is 0 Å². The van der Waals surface area contributed by atoms with Gasteiger partial charge in [0.2, 0.25) is 0 Å². The topological polar surface area (TPSA) is 66.9 Å². The summed E-state index contributed by atoms with van der Waals surface area (Å²) in [5.41, 5.74) is 0.664. The first-order valence-electron chi connectivity index (χ1n) is 5.86. The van der Waals surface area contributed by atoms with Gasteiger partial charge in [-0.15, -0.1) is 0 Å². The molecule has 1 aromatic carbocycles. The summed E-state index contributed by atoms with van der Waals surface area (Å²) in [6.07, 6.45) is 1.56. The van der Waals surface area contributed by atoms with Crippen LogP contribution in [0, 0.1) is 6.92 Å². The zero-order valence-electron chi connectivity index (χ0n) is 10.4. The molecule has 5 nitrogen and oxygen atoms in total. The molecule has 19 heavy (non-hydrogen) atoms. The van der Waals surface area contributed by atoms with Crippen LogP contribution in [0.25, 0.3) is 0 Å². The van der Waals surface area contributed by atoms with Crippen LogP contribution >= 0.6 is 11.6 Å². The third-order valence-corrected chi connectivity index (χ3v) is 2.93. The molecule has 0 spiro atoms. The van der Waals surface area contributed by atoms with E-state index in [1.807, 2.05) is 18.2 Å². The summed E-state index contributed by atoms with van der Waals surface area (Å²) in [6.45, 7) is 2.69. The number of hydrogen-bond acceptors (Lipinski definition) is 3. The smallest absolute Gasteiger partial charge is 0.328 e. The third kappa shape index (κ3) is 3.48. The van der Waals surface area contributed by atoms with Gasteiger partial charge in [0, 0.05) is 35.6 Å². The van der Waals surface area contributed by atoms with E-state index < -0.39 is 5.69 Å². The maximum Gasteiger partial charge on any atom is 0.328 e. The molecule has 0 fully saturated rings. The first-order chi connectivity index (χ1) is 9.06. The minimum absolute atomic E-state index is 0.343. The molecule has 0 saturated heterocycles. The van der Waals surface area contributed by atoms with Crippen LogP contribution in [0.3, 0.4) is 0 Å². The highest BCUT2D eigenvalue weighted by atomic mass is 35.5. The predicted molar refractivity (Wildman–Crippen MR) is 76.0 cm³/mol. The molecular formula is C13H14ClN3O2. The van der Waals surface area contributed by atoms with Gasteiger partial charge >= 0.3 is 5.69 Å². The van der Waals surface area contributed by atoms with E-state index >= 15 is 0 Å². The number of benzene rings is 1. The van der Waals surface area contributed by atoms with Crippen LogP contribution in [-0.4, -0.2) is 16.1 Å². The van der Waals surface area contributed by atoms with E-state index in [4.69, 9.17) is 11.6 Å². The minimum atomic E-state index is -0.400. The van der Waals surface area contributed by atoms with Crippen LogP contribution in [0.1, 0.15) is 5.56 Å². The van der Waals surface area contributed by atoms with Crippen molar-refractivity contribution in [1.29, 1.82) is 0 Å². The second kappa shape index (κ2) is 5.75. The van der Waals surface area contributed by atoms with Gasteiger partial charge in [-0.25, -0.2) is 4.79 Å². The Morgan fingerprint density at radius 3 is 2.89 bits per heavy atom. The standard InChI is InChI=1S/C13H14ClN3O2/c1-9-8-17(13(19)16-12(9)18)6-5-15-11-4-2-3-10(14)7-11/h2-4,7-8,15H,5-6H2,1H3,(H,16,18,19). The van der Waals surface area contributed by atoms with Crippen molar-refractivity contribution in [2.24, 2.45) is 0 Å². The van der Waals surface area contributed by atoms with E-state index in [0.29, 0.717) is 23.7 Å². The van der Waals surface area contributed by atoms with Crippen molar-refractivity contribution >= 4 is 17.3 Å². The third-order valence-electron chi connectivity index (χ3n) is 2.70. The summed E-state index contributed by atoms with van der Waals surface area (Å²) in [5, 5.41) is 3.81. The van der Waals surface area contributed by atoms with Gasteiger partial charge < -0.3 is 5.32 Å². The van der Waals surface area contributed by atoms with E-state index in [0.717, 1.165) is 5.69 Å². The lowest BCUT2D eigenvalue weighted by Gasteiger charge is -2.08. The molecule has 0 saturated carbocycles. The number of anilines is 1. The van der Waals surface area contributed by atoms with Gasteiger partial charge in [0.15, 0.2) is 0 Å². The summed E-state index contributed by atoms with van der Waals surface area (Å²) in [5.74, 6) is 0. The second-order valence-electron chi connectivity index (χ2n) is 4.20. The lowest BCUT2D eigenvalue weighted by atomic mass is 10.3. The fourth-order valence-corrected chi connectivity index (χ4v) is 1.89. The Morgan fingerprint density at radius 1 is 1.37 bits per heavy atom. The van der Waals surface area contributed by atoms with Gasteiger partial charge in [-0.05, 0) is 25.1 Å². The molecule has 2 aromatic rings. The molecule has 0 bridgehead atoms. The minimum Gasteiger partial charge on any atom is -0.383 e. The van der Waals surface area contributed by atoms with Gasteiger partial charge in [-0.2, -0.15) is 0 Å². The van der Waals surface area contributed by atoms with Crippen molar-refractivity contribution in [1.82, 2.24) is 9.55 Å². The predicted octanol–water partition coefficient (Wildman–Crippen LogP) is 1.61. The van der Waals surface area contributed by atoms with E-state index in [9.17, 15) is 9.59 Å². The van der Waals surface area contributed by atoms with Crippen molar-refractivity contribution in [3.05, 3.63) is 61.9 Å². The van der Waals surface area contributed by atoms with Crippen LogP contribution in [0.4, 0.5) is 5.69 Å². The molecule has 1 aromatic heterocycles. The highest BCUT2D eigenvalue weighted by molar-refractivity contribution is 6.30. The van der Waals surface area contributed by atoms with E-state index in [2.05, 4.69) is 10.3 Å². The summed E-state index contributed by atoms with van der Waals surface area (Å²) in [6, 6.07) is 7.35. The molecule has 1 heterocycles. The molecule has 0 atom stereocenters. The van der Waals surface area contributed by atoms with Crippen molar-refractivity contribution in [2.75, 3.05) is 11.9 Å². The zero-order valence-corrected chi connectivity index (χ0v) is 11.2. The molecule has 100 valence electrons. The lowest BCUT2D eigenvalue weighted by Crippen LogP contribution is -2.32. The number of nitrogens with one attached hydrogen (secondary N) is 2. The lowest BCUT2D eigenvalue weighted by molar-refractivity contribution is 0.664. The van der Waals surface area contributed by atoms with Gasteiger partial charge in [0.05, 0.1) is 0 Å². The Kier molecular flexibility index (Phi) is 4.06. The number of nitrogens with zero attached hydrogens (tertiary/aromatic N) is 1. The largest absolute Gasteiger partial charge is 0.383 e. The fraction of sp³-hybridized carbons (Fsp3) is 0.231. The maximum absolute atomic E-state index is 11.5. The van der Waals surface area contributed by atoms with E-state index in [1.165, 1.54) is 4.57 Å². The normalized spacial score (nSPS) is 10.4. The van der Waals surface area contributed by atoms with Crippen molar-refractivity contribution in [3.8, 4) is 0 Å². The Hall–Kier alpha value is -2.01. The highest BCUT2D eigenvalue weighted by Gasteiger charge is 2.00. The molecule has 0 aliphatic heterocycles. The fourth-order valence-electron chi connectivity index (χ4n) is 1.70. The quantitative estimate of drug-likeness (QED) is 0.893. The Bertz CT molecular complexity index is 691. The highest BCUT2D eigenvalue weighted by Crippen LogP contribution is 2.14. The molecule has 2 N–H and O–H groups in total. The molecule has 0 unspecified atom stereocenters. The number of aromatic amines is 1. The SMILES string of the molecule is Cc1cn(CCNc2cccc(Cl)c2)c(=O)[nH]c1=O. The number of aromatic nitrogens is 2. The Balaban J connectivity index is 2.02. The van der Waals surface area contributed by atoms with Crippen molar-refractivity contribution in [3.63, 3.8) is 0 Å². The molecule has 2 rings (SSSR count). The molecule has 0 aliphatic carbocycles. The van der Waals surface area contributed by atoms with Crippen LogP contribution in [-0.2, 0) is 6.54 Å². The van der Waals surface area contributed by atoms with E-state index in [-0.39, 0.29) is 5.56 Å². The summed E-state index contributed by atoms with van der Waals surface area (Å²) in [4.78, 5) is 25.0. The van der Waals surface area contributed by atoms with Crippen molar-refractivity contribution < 1.29 is 0 Å². The monoisotopic (exact) mass is 279 g/mol. The number of rotatable bonds is 4.